The van der Waals surface area contributed by atoms with Crippen molar-refractivity contribution < 1.29 is 13.9 Å². The van der Waals surface area contributed by atoms with Gasteiger partial charge in [0.25, 0.3) is 5.91 Å². The van der Waals surface area contributed by atoms with Crippen molar-refractivity contribution in [2.45, 2.75) is 38.2 Å². The Hall–Kier alpha value is -2.71. The maximum atomic E-state index is 13.6. The molecule has 2 aliphatic rings. The molecule has 0 radical (unpaired) electrons. The largest absolute Gasteiger partial charge is 0.381 e. The second-order valence-corrected chi connectivity index (χ2v) is 8.20. The molecule has 0 unspecified atom stereocenters. The number of rotatable bonds is 3. The number of piperidine rings is 1. The number of carbonyl (C=O) groups excluding carboxylic acids is 1. The summed E-state index contributed by atoms with van der Waals surface area (Å²) < 4.78 is 19.4. The second-order valence-electron chi connectivity index (χ2n) is 8.20. The maximum absolute atomic E-state index is 13.6. The first-order valence-electron chi connectivity index (χ1n) is 10.2. The van der Waals surface area contributed by atoms with Crippen LogP contribution in [0.3, 0.4) is 0 Å². The topological polar surface area (TPSA) is 53.3 Å². The van der Waals surface area contributed by atoms with Crippen LogP contribution in [0.15, 0.2) is 42.5 Å². The second kappa shape index (κ2) is 7.96. The van der Waals surface area contributed by atoms with Crippen LogP contribution in [0.25, 0.3) is 11.1 Å². The van der Waals surface area contributed by atoms with E-state index < -0.39 is 5.82 Å². The van der Waals surface area contributed by atoms with Crippen molar-refractivity contribution in [3.05, 3.63) is 59.4 Å². The summed E-state index contributed by atoms with van der Waals surface area (Å²) in [7, 11) is 1.78. The molecule has 2 aromatic rings. The number of ether oxygens (including phenoxy) is 1. The first-order chi connectivity index (χ1) is 14.1. The van der Waals surface area contributed by atoms with Crippen molar-refractivity contribution >= 4 is 5.91 Å². The smallest absolute Gasteiger partial charge is 0.253 e. The van der Waals surface area contributed by atoms with Gasteiger partial charge in [-0.3, -0.25) is 4.79 Å². The number of likely N-dealkylation sites (tertiary alicyclic amines) is 1. The number of amides is 1. The minimum atomic E-state index is -0.536. The lowest BCUT2D eigenvalue weighted by Crippen LogP contribution is -2.49. The van der Waals surface area contributed by atoms with Gasteiger partial charge in [0.15, 0.2) is 0 Å². The van der Waals surface area contributed by atoms with E-state index in [0.717, 1.165) is 56.3 Å². The molecular formula is C24H25FN2O2. The molecule has 150 valence electrons. The predicted molar refractivity (Wildman–Crippen MR) is 109 cm³/mol. The Bertz CT molecular complexity index is 968. The molecule has 4 rings (SSSR count). The third-order valence-electron chi connectivity index (χ3n) is 6.53. The molecule has 1 amide bonds. The molecule has 1 saturated carbocycles. The molecule has 1 spiro atoms. The first kappa shape index (κ1) is 19.6. The number of hydrogen-bond donors (Lipinski definition) is 0. The van der Waals surface area contributed by atoms with Crippen LogP contribution in [0.1, 0.15) is 48.0 Å². The SMILES string of the molecule is CO[C@@H]1CCC[C@@]12CCCN(C(=O)c1cccc(-c3ccc(F)c(C#N)c3)c1)C2. The number of hydrogen-bond acceptors (Lipinski definition) is 3. The fourth-order valence-electron chi connectivity index (χ4n) is 5.08. The van der Waals surface area contributed by atoms with Gasteiger partial charge < -0.3 is 9.64 Å². The summed E-state index contributed by atoms with van der Waals surface area (Å²) in [6.07, 6.45) is 5.67. The van der Waals surface area contributed by atoms with Crippen molar-refractivity contribution in [1.82, 2.24) is 4.90 Å². The predicted octanol–water partition coefficient (Wildman–Crippen LogP) is 4.79. The third kappa shape index (κ3) is 3.65. The molecule has 2 aromatic carbocycles. The number of carbonyl (C=O) groups is 1. The molecule has 1 heterocycles. The van der Waals surface area contributed by atoms with Gasteiger partial charge in [-0.05, 0) is 61.1 Å². The van der Waals surface area contributed by atoms with Crippen molar-refractivity contribution in [3.63, 3.8) is 0 Å². The number of nitrogens with zero attached hydrogens (tertiary/aromatic N) is 2. The Morgan fingerprint density at radius 3 is 2.79 bits per heavy atom. The van der Waals surface area contributed by atoms with E-state index in [2.05, 4.69) is 0 Å². The van der Waals surface area contributed by atoms with E-state index in [1.54, 1.807) is 13.2 Å². The first-order valence-corrected chi connectivity index (χ1v) is 10.2. The zero-order chi connectivity index (χ0) is 20.4. The molecule has 0 aromatic heterocycles. The highest BCUT2D eigenvalue weighted by Crippen LogP contribution is 2.46. The van der Waals surface area contributed by atoms with Gasteiger partial charge in [0.05, 0.1) is 11.7 Å². The van der Waals surface area contributed by atoms with Crippen molar-refractivity contribution in [2.24, 2.45) is 5.41 Å². The molecule has 1 saturated heterocycles. The molecule has 5 heteroatoms. The quantitative estimate of drug-likeness (QED) is 0.755. The Morgan fingerprint density at radius 2 is 2.00 bits per heavy atom. The average molecular weight is 392 g/mol. The lowest BCUT2D eigenvalue weighted by molar-refractivity contribution is -0.0295. The zero-order valence-corrected chi connectivity index (χ0v) is 16.7. The molecule has 1 aliphatic carbocycles. The number of halogens is 1. The summed E-state index contributed by atoms with van der Waals surface area (Å²) in [5.41, 5.74) is 2.23. The molecule has 0 N–H and O–H groups in total. The van der Waals surface area contributed by atoms with Gasteiger partial charge in [0, 0.05) is 31.2 Å². The summed E-state index contributed by atoms with van der Waals surface area (Å²) in [6, 6.07) is 13.7. The fourth-order valence-corrected chi connectivity index (χ4v) is 5.08. The van der Waals surface area contributed by atoms with E-state index in [9.17, 15) is 9.18 Å². The maximum Gasteiger partial charge on any atom is 0.253 e. The van der Waals surface area contributed by atoms with Gasteiger partial charge in [0.2, 0.25) is 0 Å². The minimum Gasteiger partial charge on any atom is -0.381 e. The molecule has 29 heavy (non-hydrogen) atoms. The molecule has 2 atom stereocenters. The van der Waals surface area contributed by atoms with Crippen LogP contribution >= 0.6 is 0 Å². The minimum absolute atomic E-state index is 0.00374. The van der Waals surface area contributed by atoms with Crippen molar-refractivity contribution in [3.8, 4) is 17.2 Å². The van der Waals surface area contributed by atoms with Crippen LogP contribution in [-0.2, 0) is 4.74 Å². The number of benzene rings is 2. The lowest BCUT2D eigenvalue weighted by atomic mass is 9.76. The molecule has 2 fully saturated rings. The van der Waals surface area contributed by atoms with E-state index in [1.807, 2.05) is 35.2 Å². The normalized spacial score (nSPS) is 23.9. The van der Waals surface area contributed by atoms with Crippen LogP contribution in [0.5, 0.6) is 0 Å². The van der Waals surface area contributed by atoms with E-state index in [-0.39, 0.29) is 23.0 Å². The van der Waals surface area contributed by atoms with Crippen molar-refractivity contribution in [1.29, 1.82) is 5.26 Å². The van der Waals surface area contributed by atoms with E-state index in [0.29, 0.717) is 5.56 Å². The van der Waals surface area contributed by atoms with Crippen LogP contribution in [0, 0.1) is 22.6 Å². The molecular weight excluding hydrogens is 367 g/mol. The van der Waals surface area contributed by atoms with Gasteiger partial charge in [0.1, 0.15) is 11.9 Å². The monoisotopic (exact) mass is 392 g/mol. The van der Waals surface area contributed by atoms with Gasteiger partial charge in [-0.15, -0.1) is 0 Å². The van der Waals surface area contributed by atoms with E-state index in [1.165, 1.54) is 12.1 Å². The summed E-state index contributed by atoms with van der Waals surface area (Å²) in [6.45, 7) is 1.50. The fraction of sp³-hybridized carbons (Fsp3) is 0.417. The van der Waals surface area contributed by atoms with Crippen LogP contribution in [0.2, 0.25) is 0 Å². The standard InChI is InChI=1S/C24H25FN2O2/c1-29-22-7-3-10-24(22)11-4-12-27(16-24)23(28)19-6-2-5-17(13-19)18-8-9-21(25)20(14-18)15-26/h2,5-6,8-9,13-14,22H,3-4,7,10-12,16H2,1H3/t22-,24+/m1/s1. The van der Waals surface area contributed by atoms with Gasteiger partial charge in [-0.25, -0.2) is 4.39 Å². The van der Waals surface area contributed by atoms with Gasteiger partial charge in [-0.2, -0.15) is 5.26 Å². The Balaban J connectivity index is 1.58. The van der Waals surface area contributed by atoms with Crippen molar-refractivity contribution in [2.75, 3.05) is 20.2 Å². The summed E-state index contributed by atoms with van der Waals surface area (Å²) in [5.74, 6) is -0.512. The molecule has 4 nitrogen and oxygen atoms in total. The van der Waals surface area contributed by atoms with E-state index >= 15 is 0 Å². The summed E-state index contributed by atoms with van der Waals surface area (Å²) in [5, 5.41) is 9.08. The molecule has 0 bridgehead atoms. The summed E-state index contributed by atoms with van der Waals surface area (Å²) >= 11 is 0. The molecule has 1 aliphatic heterocycles. The van der Waals surface area contributed by atoms with Crippen LogP contribution in [-0.4, -0.2) is 37.1 Å². The highest BCUT2D eigenvalue weighted by molar-refractivity contribution is 5.95. The Morgan fingerprint density at radius 1 is 1.21 bits per heavy atom. The van der Waals surface area contributed by atoms with Crippen LogP contribution in [0.4, 0.5) is 4.39 Å². The van der Waals surface area contributed by atoms with E-state index in [4.69, 9.17) is 10.00 Å². The Labute approximate surface area is 170 Å². The van der Waals surface area contributed by atoms with Crippen LogP contribution < -0.4 is 0 Å². The Kier molecular flexibility index (Phi) is 5.38. The van der Waals surface area contributed by atoms with Gasteiger partial charge >= 0.3 is 0 Å². The lowest BCUT2D eigenvalue weighted by Gasteiger charge is -2.43. The highest BCUT2D eigenvalue weighted by atomic mass is 19.1. The summed E-state index contributed by atoms with van der Waals surface area (Å²) in [4.78, 5) is 15.2. The number of methoxy groups -OCH3 is 1. The average Bonchev–Trinajstić information content (AvgIpc) is 3.15. The number of nitriles is 1. The zero-order valence-electron chi connectivity index (χ0n) is 16.7. The van der Waals surface area contributed by atoms with Gasteiger partial charge in [-0.1, -0.05) is 24.6 Å². The third-order valence-corrected chi connectivity index (χ3v) is 6.53. The highest BCUT2D eigenvalue weighted by Gasteiger charge is 2.46.